The zero-order valence-corrected chi connectivity index (χ0v) is 14.6. The molecular formula is C16H20N6O4. The molecule has 1 aromatic carbocycles. The first-order chi connectivity index (χ1) is 12.5. The second-order valence-electron chi connectivity index (χ2n) is 5.69. The SMILES string of the molecule is COc1ccc(OC)c([C@H]2CC(c3c(O)nc(NN)n(C)c3=O)=NN2)c1. The van der Waals surface area contributed by atoms with Gasteiger partial charge in [0.25, 0.3) is 5.56 Å². The Hall–Kier alpha value is -3.27. The minimum Gasteiger partial charge on any atom is -0.497 e. The first kappa shape index (κ1) is 17.5. The molecule has 10 heteroatoms. The number of rotatable bonds is 5. The van der Waals surface area contributed by atoms with E-state index >= 15 is 0 Å². The Labute approximate surface area is 149 Å². The summed E-state index contributed by atoms with van der Waals surface area (Å²) in [6.45, 7) is 0. The highest BCUT2D eigenvalue weighted by Gasteiger charge is 2.29. The monoisotopic (exact) mass is 360 g/mol. The Morgan fingerprint density at radius 3 is 2.81 bits per heavy atom. The van der Waals surface area contributed by atoms with Gasteiger partial charge in [0, 0.05) is 19.0 Å². The van der Waals surface area contributed by atoms with Gasteiger partial charge in [-0.3, -0.25) is 14.8 Å². The van der Waals surface area contributed by atoms with Gasteiger partial charge in [-0.05, 0) is 18.2 Å². The van der Waals surface area contributed by atoms with Gasteiger partial charge in [0.05, 0.1) is 26.0 Å². The molecule has 0 saturated carbocycles. The summed E-state index contributed by atoms with van der Waals surface area (Å²) in [5.74, 6) is 6.26. The van der Waals surface area contributed by atoms with Crippen molar-refractivity contribution in [3.63, 3.8) is 0 Å². The van der Waals surface area contributed by atoms with Crippen LogP contribution >= 0.6 is 0 Å². The molecule has 0 aliphatic carbocycles. The lowest BCUT2D eigenvalue weighted by atomic mass is 9.99. The quantitative estimate of drug-likeness (QED) is 0.439. The van der Waals surface area contributed by atoms with Crippen molar-refractivity contribution in [2.24, 2.45) is 18.0 Å². The number of hydrazone groups is 1. The lowest BCUT2D eigenvalue weighted by Crippen LogP contribution is -2.29. The van der Waals surface area contributed by atoms with E-state index in [-0.39, 0.29) is 17.6 Å². The van der Waals surface area contributed by atoms with Gasteiger partial charge in [0.1, 0.15) is 17.1 Å². The molecule has 0 saturated heterocycles. The third-order valence-corrected chi connectivity index (χ3v) is 4.25. The Kier molecular flexibility index (Phi) is 4.67. The number of ether oxygens (including phenoxy) is 2. The molecule has 3 rings (SSSR count). The summed E-state index contributed by atoms with van der Waals surface area (Å²) in [5.41, 5.74) is 6.04. The van der Waals surface area contributed by atoms with E-state index < -0.39 is 11.4 Å². The Morgan fingerprint density at radius 2 is 2.15 bits per heavy atom. The van der Waals surface area contributed by atoms with Crippen LogP contribution in [0.2, 0.25) is 0 Å². The van der Waals surface area contributed by atoms with E-state index in [0.717, 1.165) is 5.56 Å². The summed E-state index contributed by atoms with van der Waals surface area (Å²) in [6.07, 6.45) is 0.364. The number of benzene rings is 1. The van der Waals surface area contributed by atoms with Crippen LogP contribution in [0.3, 0.4) is 0 Å². The van der Waals surface area contributed by atoms with Crippen LogP contribution < -0.4 is 31.7 Å². The van der Waals surface area contributed by atoms with Crippen LogP contribution in [0.1, 0.15) is 23.6 Å². The van der Waals surface area contributed by atoms with Crippen molar-refractivity contribution in [1.29, 1.82) is 0 Å². The van der Waals surface area contributed by atoms with Gasteiger partial charge in [0.2, 0.25) is 11.8 Å². The molecule has 138 valence electrons. The van der Waals surface area contributed by atoms with Crippen molar-refractivity contribution >= 4 is 11.7 Å². The fourth-order valence-corrected chi connectivity index (χ4v) is 2.86. The summed E-state index contributed by atoms with van der Waals surface area (Å²) < 4.78 is 11.9. The van der Waals surface area contributed by atoms with E-state index in [9.17, 15) is 9.90 Å². The number of nitrogen functional groups attached to an aromatic ring is 1. The lowest BCUT2D eigenvalue weighted by Gasteiger charge is -2.16. The van der Waals surface area contributed by atoms with Gasteiger partial charge in [-0.25, -0.2) is 5.84 Å². The van der Waals surface area contributed by atoms with Gasteiger partial charge in [-0.15, -0.1) is 0 Å². The second-order valence-corrected chi connectivity index (χ2v) is 5.69. The first-order valence-corrected chi connectivity index (χ1v) is 7.81. The van der Waals surface area contributed by atoms with Crippen LogP contribution in [0.4, 0.5) is 5.95 Å². The smallest absolute Gasteiger partial charge is 0.267 e. The fourth-order valence-electron chi connectivity index (χ4n) is 2.86. The molecule has 1 aliphatic heterocycles. The highest BCUT2D eigenvalue weighted by Crippen LogP contribution is 2.34. The van der Waals surface area contributed by atoms with E-state index in [0.29, 0.717) is 23.6 Å². The molecule has 0 bridgehead atoms. The molecule has 0 radical (unpaired) electrons. The molecule has 26 heavy (non-hydrogen) atoms. The van der Waals surface area contributed by atoms with Crippen molar-refractivity contribution in [2.75, 3.05) is 19.6 Å². The topological polar surface area (TPSA) is 136 Å². The van der Waals surface area contributed by atoms with Gasteiger partial charge in [-0.2, -0.15) is 10.1 Å². The molecule has 1 atom stereocenters. The largest absolute Gasteiger partial charge is 0.497 e. The van der Waals surface area contributed by atoms with E-state index in [4.69, 9.17) is 15.3 Å². The van der Waals surface area contributed by atoms with Crippen LogP contribution in [0.5, 0.6) is 17.4 Å². The Morgan fingerprint density at radius 1 is 1.38 bits per heavy atom. The van der Waals surface area contributed by atoms with Gasteiger partial charge >= 0.3 is 0 Å². The number of hydrogen-bond donors (Lipinski definition) is 4. The third kappa shape index (κ3) is 2.90. The number of methoxy groups -OCH3 is 2. The van der Waals surface area contributed by atoms with E-state index in [1.807, 2.05) is 6.07 Å². The molecule has 0 amide bonds. The normalized spacial score (nSPS) is 16.0. The molecular weight excluding hydrogens is 340 g/mol. The number of hydrazine groups is 1. The van der Waals surface area contributed by atoms with E-state index in [1.54, 1.807) is 26.4 Å². The minimum atomic E-state index is -0.454. The number of nitrogens with two attached hydrogens (primary N) is 1. The number of anilines is 1. The van der Waals surface area contributed by atoms with Crippen LogP contribution in [-0.4, -0.2) is 34.6 Å². The summed E-state index contributed by atoms with van der Waals surface area (Å²) >= 11 is 0. The number of aromatic hydroxyl groups is 1. The van der Waals surface area contributed by atoms with Crippen molar-refractivity contribution in [3.8, 4) is 17.4 Å². The summed E-state index contributed by atoms with van der Waals surface area (Å²) in [5, 5.41) is 14.4. The highest BCUT2D eigenvalue weighted by molar-refractivity contribution is 6.03. The molecule has 2 heterocycles. The maximum Gasteiger partial charge on any atom is 0.267 e. The van der Waals surface area contributed by atoms with Gasteiger partial charge in [-0.1, -0.05) is 0 Å². The molecule has 0 fully saturated rings. The average Bonchev–Trinajstić information content (AvgIpc) is 3.13. The maximum absolute atomic E-state index is 12.5. The summed E-state index contributed by atoms with van der Waals surface area (Å²) in [7, 11) is 4.65. The summed E-state index contributed by atoms with van der Waals surface area (Å²) in [4.78, 5) is 16.4. The molecule has 0 spiro atoms. The predicted octanol–water partition coefficient (Wildman–Crippen LogP) is 0.227. The zero-order valence-electron chi connectivity index (χ0n) is 14.6. The predicted molar refractivity (Wildman–Crippen MR) is 95.5 cm³/mol. The molecule has 10 nitrogen and oxygen atoms in total. The highest BCUT2D eigenvalue weighted by atomic mass is 16.5. The van der Waals surface area contributed by atoms with E-state index in [1.165, 1.54) is 11.6 Å². The summed E-state index contributed by atoms with van der Waals surface area (Å²) in [6, 6.07) is 5.19. The maximum atomic E-state index is 12.5. The van der Waals surface area contributed by atoms with Crippen molar-refractivity contribution < 1.29 is 14.6 Å². The van der Waals surface area contributed by atoms with Gasteiger partial charge in [0.15, 0.2) is 0 Å². The number of aromatic nitrogens is 2. The van der Waals surface area contributed by atoms with Crippen LogP contribution in [0.15, 0.2) is 28.1 Å². The zero-order chi connectivity index (χ0) is 18.8. The van der Waals surface area contributed by atoms with Crippen LogP contribution in [0.25, 0.3) is 0 Å². The van der Waals surface area contributed by atoms with Crippen molar-refractivity contribution in [2.45, 2.75) is 12.5 Å². The fraction of sp³-hybridized carbons (Fsp3) is 0.312. The van der Waals surface area contributed by atoms with Crippen LogP contribution in [-0.2, 0) is 7.05 Å². The Bertz CT molecular complexity index is 924. The Balaban J connectivity index is 1.95. The van der Waals surface area contributed by atoms with Gasteiger partial charge < -0.3 is 20.0 Å². The minimum absolute atomic E-state index is 0.0309. The van der Waals surface area contributed by atoms with Crippen molar-refractivity contribution in [3.05, 3.63) is 39.7 Å². The molecule has 0 unspecified atom stereocenters. The lowest BCUT2D eigenvalue weighted by molar-refractivity contribution is 0.392. The molecule has 1 aromatic heterocycles. The average molecular weight is 360 g/mol. The third-order valence-electron chi connectivity index (χ3n) is 4.25. The second kappa shape index (κ2) is 6.92. The number of hydrogen-bond acceptors (Lipinski definition) is 9. The van der Waals surface area contributed by atoms with Crippen molar-refractivity contribution in [1.82, 2.24) is 15.0 Å². The number of nitrogens with one attached hydrogen (secondary N) is 2. The molecule has 1 aliphatic rings. The molecule has 5 N–H and O–H groups in total. The standard InChI is InChI=1S/C16H20N6O4/c1-22-15(24)13(14(23)18-16(22)19-17)11-7-10(20-21-11)9-6-8(25-2)4-5-12(9)26-3/h4-6,10,20,23H,7,17H2,1-3H3,(H,18,19)/t10-/m1/s1. The first-order valence-electron chi connectivity index (χ1n) is 7.81. The van der Waals surface area contributed by atoms with E-state index in [2.05, 4.69) is 20.9 Å². The molecule has 2 aromatic rings. The number of nitrogens with zero attached hydrogens (tertiary/aromatic N) is 3. The van der Waals surface area contributed by atoms with Crippen LogP contribution in [0, 0.1) is 0 Å².